The van der Waals surface area contributed by atoms with Gasteiger partial charge in [0.1, 0.15) is 46.2 Å². The van der Waals surface area contributed by atoms with Gasteiger partial charge in [-0.15, -0.1) is 0 Å². The number of phenolic OH excluding ortho intramolecular Hbond substituents is 1. The summed E-state index contributed by atoms with van der Waals surface area (Å²) in [6.07, 6.45) is -4.09. The predicted octanol–water partition coefficient (Wildman–Crippen LogP) is 6.03. The van der Waals surface area contributed by atoms with Gasteiger partial charge in [-0.25, -0.2) is 4.79 Å². The minimum absolute atomic E-state index is 0.0345. The van der Waals surface area contributed by atoms with E-state index in [0.29, 0.717) is 51.0 Å². The maximum Gasteiger partial charge on any atom is 0.345 e. The number of fused-ring (bicyclic) bond motifs is 2. The van der Waals surface area contributed by atoms with Crippen molar-refractivity contribution < 1.29 is 66.9 Å². The zero-order valence-electron chi connectivity index (χ0n) is 31.6. The lowest BCUT2D eigenvalue weighted by molar-refractivity contribution is -0.153. The van der Waals surface area contributed by atoms with E-state index in [1.807, 2.05) is 0 Å². The molecule has 55 heavy (non-hydrogen) atoms. The average molecular weight is 759 g/mol. The molecular weight excluding hydrogens is 716 g/mol. The topological polar surface area (TPSA) is 164 Å². The molecule has 6 rings (SSSR count). The van der Waals surface area contributed by atoms with Crippen LogP contribution in [0, 0.1) is 0 Å². The second-order valence-electron chi connectivity index (χ2n) is 12.7. The zero-order valence-corrected chi connectivity index (χ0v) is 31.6. The molecule has 0 radical (unpaired) electrons. The van der Waals surface area contributed by atoms with Crippen LogP contribution in [0.4, 0.5) is 0 Å². The van der Waals surface area contributed by atoms with Crippen LogP contribution in [0.2, 0.25) is 0 Å². The van der Waals surface area contributed by atoms with Crippen LogP contribution in [-0.2, 0) is 30.2 Å². The SMILES string of the molecule is COC(=O)c1c(O)c(C2c3ccc(OC)cc3OC(c3ccc(OC)cc3)C2OC(C)=O)c2c(c1OC)CC(OC(C)=O)C(c1ccc(OC)c(OC)c1)O2. The molecule has 0 saturated heterocycles. The third-order valence-corrected chi connectivity index (χ3v) is 9.64. The molecule has 2 aliphatic rings. The van der Waals surface area contributed by atoms with Gasteiger partial charge < -0.3 is 52.5 Å². The number of hydrogen-bond acceptors (Lipinski definition) is 14. The Labute approximate surface area is 317 Å². The van der Waals surface area contributed by atoms with Crippen LogP contribution in [0.1, 0.15) is 70.1 Å². The number of carbonyl (C=O) groups excluding carboxylic acids is 3. The van der Waals surface area contributed by atoms with E-state index in [1.165, 1.54) is 49.4 Å². The van der Waals surface area contributed by atoms with E-state index in [0.717, 1.165) is 0 Å². The first-order valence-corrected chi connectivity index (χ1v) is 17.2. The number of hydrogen-bond donors (Lipinski definition) is 1. The minimum Gasteiger partial charge on any atom is -0.506 e. The molecule has 4 aromatic rings. The van der Waals surface area contributed by atoms with Crippen molar-refractivity contribution in [3.05, 3.63) is 94.0 Å². The molecule has 290 valence electrons. The molecule has 0 aromatic heterocycles. The fourth-order valence-corrected chi connectivity index (χ4v) is 7.28. The Bertz CT molecular complexity index is 2090. The Balaban J connectivity index is 1.68. The zero-order chi connectivity index (χ0) is 39.6. The lowest BCUT2D eigenvalue weighted by Crippen LogP contribution is -2.40. The Morgan fingerprint density at radius 3 is 1.95 bits per heavy atom. The van der Waals surface area contributed by atoms with Crippen LogP contribution in [0.15, 0.2) is 60.7 Å². The van der Waals surface area contributed by atoms with Crippen molar-refractivity contribution >= 4 is 17.9 Å². The quantitative estimate of drug-likeness (QED) is 0.139. The highest BCUT2D eigenvalue weighted by molar-refractivity contribution is 5.98. The molecule has 4 aromatic carbocycles. The van der Waals surface area contributed by atoms with Crippen LogP contribution in [-0.4, -0.2) is 77.9 Å². The first-order chi connectivity index (χ1) is 26.5. The van der Waals surface area contributed by atoms with E-state index >= 15 is 0 Å². The predicted molar refractivity (Wildman–Crippen MR) is 195 cm³/mol. The second-order valence-corrected chi connectivity index (χ2v) is 12.7. The van der Waals surface area contributed by atoms with Gasteiger partial charge in [0.15, 0.2) is 29.8 Å². The first-order valence-electron chi connectivity index (χ1n) is 17.2. The number of carbonyl (C=O) groups is 3. The summed E-state index contributed by atoms with van der Waals surface area (Å²) < 4.78 is 58.4. The van der Waals surface area contributed by atoms with Crippen molar-refractivity contribution in [3.63, 3.8) is 0 Å². The largest absolute Gasteiger partial charge is 0.506 e. The molecule has 0 amide bonds. The first kappa shape index (κ1) is 38.4. The molecule has 2 heterocycles. The number of rotatable bonds is 11. The van der Waals surface area contributed by atoms with Crippen molar-refractivity contribution in [2.24, 2.45) is 0 Å². The molecule has 5 atom stereocenters. The summed E-state index contributed by atoms with van der Waals surface area (Å²) in [5.74, 6) is -1.42. The van der Waals surface area contributed by atoms with E-state index in [1.54, 1.807) is 67.8 Å². The van der Waals surface area contributed by atoms with Crippen molar-refractivity contribution in [3.8, 4) is 46.0 Å². The molecule has 0 spiro atoms. The number of methoxy groups -OCH3 is 6. The highest BCUT2D eigenvalue weighted by atomic mass is 16.6. The lowest BCUT2D eigenvalue weighted by atomic mass is 9.76. The Morgan fingerprint density at radius 2 is 1.35 bits per heavy atom. The summed E-state index contributed by atoms with van der Waals surface area (Å²) in [6.45, 7) is 2.54. The molecule has 14 heteroatoms. The monoisotopic (exact) mass is 758 g/mol. The standard InChI is InChI=1S/C41H42O14/c1-20(42)52-31-19-27-38(50-7)34(41(45)51-8)35(44)33(39(27)55-36(31)23-11-16-28(48-5)30(17-23)49-6)32-26-15-14-25(47-4)18-29(26)54-37(40(32)53-21(2)43)22-9-12-24(46-3)13-10-22/h9-18,31-32,36-37,40,44H,19H2,1-8H3. The molecule has 0 bridgehead atoms. The molecule has 14 nitrogen and oxygen atoms in total. The van der Waals surface area contributed by atoms with Gasteiger partial charge in [0.25, 0.3) is 0 Å². The third-order valence-electron chi connectivity index (χ3n) is 9.64. The molecule has 5 unspecified atom stereocenters. The van der Waals surface area contributed by atoms with Gasteiger partial charge in [0.2, 0.25) is 0 Å². The van der Waals surface area contributed by atoms with Gasteiger partial charge in [-0.2, -0.15) is 0 Å². The second kappa shape index (κ2) is 16.0. The van der Waals surface area contributed by atoms with Crippen molar-refractivity contribution in [1.82, 2.24) is 0 Å². The number of aromatic hydroxyl groups is 1. The van der Waals surface area contributed by atoms with Gasteiger partial charge >= 0.3 is 17.9 Å². The Hall–Kier alpha value is -6.31. The number of esters is 3. The van der Waals surface area contributed by atoms with E-state index < -0.39 is 54.0 Å². The summed E-state index contributed by atoms with van der Waals surface area (Å²) in [4.78, 5) is 39.2. The molecule has 0 fully saturated rings. The Kier molecular flexibility index (Phi) is 11.2. The van der Waals surface area contributed by atoms with Crippen LogP contribution in [0.5, 0.6) is 46.0 Å². The van der Waals surface area contributed by atoms with Gasteiger partial charge in [-0.3, -0.25) is 9.59 Å². The lowest BCUT2D eigenvalue weighted by Gasteiger charge is -2.42. The number of benzene rings is 4. The van der Waals surface area contributed by atoms with E-state index in [4.69, 9.17) is 47.4 Å². The highest BCUT2D eigenvalue weighted by Crippen LogP contribution is 2.58. The minimum atomic E-state index is -1.16. The van der Waals surface area contributed by atoms with Crippen LogP contribution >= 0.6 is 0 Å². The summed E-state index contributed by atoms with van der Waals surface area (Å²) in [5.41, 5.74) is 1.69. The molecule has 1 N–H and O–H groups in total. The molecular formula is C41H42O14. The van der Waals surface area contributed by atoms with E-state index in [2.05, 4.69) is 0 Å². The normalized spacial score (nSPS) is 19.6. The number of ether oxygens (including phenoxy) is 10. The Morgan fingerprint density at radius 1 is 0.691 bits per heavy atom. The fourth-order valence-electron chi connectivity index (χ4n) is 7.28. The summed E-state index contributed by atoms with van der Waals surface area (Å²) in [6, 6.07) is 17.3. The maximum atomic E-state index is 13.6. The van der Waals surface area contributed by atoms with Crippen LogP contribution in [0.25, 0.3) is 0 Å². The van der Waals surface area contributed by atoms with Crippen LogP contribution in [0.3, 0.4) is 0 Å². The average Bonchev–Trinajstić information content (AvgIpc) is 3.19. The van der Waals surface area contributed by atoms with E-state index in [-0.39, 0.29) is 29.0 Å². The van der Waals surface area contributed by atoms with Gasteiger partial charge in [-0.05, 0) is 35.9 Å². The molecule has 0 saturated carbocycles. The molecule has 2 aliphatic heterocycles. The van der Waals surface area contributed by atoms with Gasteiger partial charge in [0.05, 0.1) is 48.6 Å². The summed E-state index contributed by atoms with van der Waals surface area (Å²) >= 11 is 0. The third kappa shape index (κ3) is 7.19. The van der Waals surface area contributed by atoms with Crippen molar-refractivity contribution in [1.29, 1.82) is 0 Å². The summed E-state index contributed by atoms with van der Waals surface area (Å²) in [5, 5.41) is 12.4. The van der Waals surface area contributed by atoms with Crippen molar-refractivity contribution in [2.45, 2.75) is 50.6 Å². The van der Waals surface area contributed by atoms with Crippen molar-refractivity contribution in [2.75, 3.05) is 42.7 Å². The summed E-state index contributed by atoms with van der Waals surface area (Å²) in [7, 11) is 8.56. The molecule has 0 aliphatic carbocycles. The smallest absolute Gasteiger partial charge is 0.345 e. The van der Waals surface area contributed by atoms with Crippen LogP contribution < -0.4 is 33.2 Å². The van der Waals surface area contributed by atoms with Gasteiger partial charge in [-0.1, -0.05) is 24.3 Å². The maximum absolute atomic E-state index is 13.6. The fraction of sp³-hybridized carbons (Fsp3) is 0.341. The highest BCUT2D eigenvalue weighted by Gasteiger charge is 2.49. The number of phenols is 1. The van der Waals surface area contributed by atoms with E-state index in [9.17, 15) is 19.5 Å². The van der Waals surface area contributed by atoms with Gasteiger partial charge in [0, 0.05) is 48.6 Å².